The summed E-state index contributed by atoms with van der Waals surface area (Å²) in [4.78, 5) is 12.6. The Morgan fingerprint density at radius 2 is 1.70 bits per heavy atom. The number of rotatable bonds is 7. The van der Waals surface area contributed by atoms with Crippen LogP contribution < -0.4 is 10.2 Å². The van der Waals surface area contributed by atoms with Crippen LogP contribution in [0.2, 0.25) is 0 Å². The van der Waals surface area contributed by atoms with Crippen LogP contribution in [-0.2, 0) is 0 Å². The van der Waals surface area contributed by atoms with Crippen molar-refractivity contribution in [2.45, 2.75) is 25.7 Å². The highest BCUT2D eigenvalue weighted by molar-refractivity contribution is 9.09. The molecule has 2 nitrogen and oxygen atoms in total. The summed E-state index contributed by atoms with van der Waals surface area (Å²) in [7, 11) is 0. The molecule has 0 aliphatic heterocycles. The third-order valence-corrected chi connectivity index (χ3v) is 5.56. The van der Waals surface area contributed by atoms with Crippen LogP contribution in [-0.4, -0.2) is 11.9 Å². The first-order valence-electron chi connectivity index (χ1n) is 7.94. The van der Waals surface area contributed by atoms with Crippen molar-refractivity contribution in [3.63, 3.8) is 0 Å². The Bertz CT molecular complexity index is 857. The van der Waals surface area contributed by atoms with Gasteiger partial charge in [-0.2, -0.15) is 0 Å². The van der Waals surface area contributed by atoms with E-state index in [1.807, 2.05) is 42.5 Å². The Morgan fingerprint density at radius 1 is 0.913 bits per heavy atom. The van der Waals surface area contributed by atoms with Gasteiger partial charge in [0.1, 0.15) is 5.75 Å². The van der Waals surface area contributed by atoms with Crippen molar-refractivity contribution in [2.24, 2.45) is 0 Å². The molecule has 0 amide bonds. The summed E-state index contributed by atoms with van der Waals surface area (Å²) in [6.07, 6.45) is 4.67. The summed E-state index contributed by atoms with van der Waals surface area (Å²) in [6, 6.07) is 13.6. The number of fused-ring (bicyclic) bond motifs is 2. The van der Waals surface area contributed by atoms with Gasteiger partial charge in [-0.1, -0.05) is 40.9 Å². The lowest BCUT2D eigenvalue weighted by Crippen LogP contribution is -2.02. The van der Waals surface area contributed by atoms with Crippen LogP contribution >= 0.6 is 27.3 Å². The van der Waals surface area contributed by atoms with E-state index in [0.717, 1.165) is 37.7 Å². The van der Waals surface area contributed by atoms with Gasteiger partial charge in [0.15, 0.2) is 5.43 Å². The quantitative estimate of drug-likeness (QED) is 0.291. The Hall–Kier alpha value is -1.39. The van der Waals surface area contributed by atoms with Crippen LogP contribution in [0.5, 0.6) is 5.75 Å². The Balaban J connectivity index is 1.77. The van der Waals surface area contributed by atoms with Crippen molar-refractivity contribution in [3.05, 3.63) is 52.7 Å². The van der Waals surface area contributed by atoms with Gasteiger partial charge in [0.05, 0.1) is 6.61 Å². The third-order valence-electron chi connectivity index (χ3n) is 3.84. The summed E-state index contributed by atoms with van der Waals surface area (Å²) in [5, 5.41) is 2.61. The zero-order valence-corrected chi connectivity index (χ0v) is 15.3. The van der Waals surface area contributed by atoms with Gasteiger partial charge in [-0.3, -0.25) is 4.79 Å². The van der Waals surface area contributed by atoms with Crippen LogP contribution in [0.3, 0.4) is 0 Å². The number of hydrogen-bond donors (Lipinski definition) is 0. The average molecular weight is 391 g/mol. The van der Waals surface area contributed by atoms with E-state index in [0.29, 0.717) is 6.61 Å². The van der Waals surface area contributed by atoms with Gasteiger partial charge >= 0.3 is 0 Å². The molecule has 0 N–H and O–H groups in total. The van der Waals surface area contributed by atoms with Crippen LogP contribution in [0.4, 0.5) is 0 Å². The zero-order valence-electron chi connectivity index (χ0n) is 12.9. The van der Waals surface area contributed by atoms with E-state index in [1.165, 1.54) is 19.3 Å². The molecular weight excluding hydrogens is 372 g/mol. The molecule has 120 valence electrons. The molecule has 0 saturated carbocycles. The molecule has 23 heavy (non-hydrogen) atoms. The molecule has 0 spiro atoms. The van der Waals surface area contributed by atoms with Crippen molar-refractivity contribution < 1.29 is 4.74 Å². The molecule has 2 aromatic carbocycles. The molecular formula is C19H19BrO2S. The van der Waals surface area contributed by atoms with Gasteiger partial charge < -0.3 is 4.74 Å². The molecule has 3 rings (SSSR count). The zero-order chi connectivity index (χ0) is 16.1. The number of hydrogen-bond acceptors (Lipinski definition) is 3. The van der Waals surface area contributed by atoms with Crippen LogP contribution in [0.15, 0.2) is 47.3 Å². The lowest BCUT2D eigenvalue weighted by Gasteiger charge is -2.07. The van der Waals surface area contributed by atoms with Gasteiger partial charge in [-0.15, -0.1) is 11.3 Å². The minimum absolute atomic E-state index is 0.0946. The average Bonchev–Trinajstić information content (AvgIpc) is 2.59. The maximum atomic E-state index is 12.6. The lowest BCUT2D eigenvalue weighted by molar-refractivity contribution is 0.305. The highest BCUT2D eigenvalue weighted by atomic mass is 79.9. The van der Waals surface area contributed by atoms with E-state index in [9.17, 15) is 4.79 Å². The fourth-order valence-corrected chi connectivity index (χ4v) is 4.06. The monoisotopic (exact) mass is 390 g/mol. The first kappa shape index (κ1) is 16.5. The van der Waals surface area contributed by atoms with E-state index in [1.54, 1.807) is 11.3 Å². The second-order valence-corrected chi connectivity index (χ2v) is 7.41. The molecule has 0 fully saturated rings. The van der Waals surface area contributed by atoms with E-state index < -0.39 is 0 Å². The first-order chi connectivity index (χ1) is 11.3. The van der Waals surface area contributed by atoms with Crippen LogP contribution in [0.25, 0.3) is 20.2 Å². The van der Waals surface area contributed by atoms with Crippen molar-refractivity contribution in [1.29, 1.82) is 0 Å². The van der Waals surface area contributed by atoms with E-state index in [4.69, 9.17) is 4.74 Å². The minimum atomic E-state index is 0.0946. The highest BCUT2D eigenvalue weighted by Crippen LogP contribution is 2.27. The lowest BCUT2D eigenvalue weighted by atomic mass is 10.2. The molecule has 0 saturated heterocycles. The van der Waals surface area contributed by atoms with Gasteiger partial charge in [-0.25, -0.2) is 0 Å². The number of ether oxygens (including phenoxy) is 1. The molecule has 4 heteroatoms. The number of benzene rings is 2. The summed E-state index contributed by atoms with van der Waals surface area (Å²) < 4.78 is 7.86. The SMILES string of the molecule is O=c1c2ccccc2sc2ccc(OCCCCCCBr)cc12. The molecule has 0 radical (unpaired) electrons. The molecule has 0 aliphatic carbocycles. The van der Waals surface area contributed by atoms with Gasteiger partial charge in [0, 0.05) is 25.5 Å². The molecule has 0 aliphatic rings. The number of halogens is 1. The summed E-state index contributed by atoms with van der Waals surface area (Å²) >= 11 is 5.09. The first-order valence-corrected chi connectivity index (χ1v) is 9.88. The molecule has 0 unspecified atom stereocenters. The number of unbranched alkanes of at least 4 members (excludes halogenated alkanes) is 3. The maximum absolute atomic E-state index is 12.6. The topological polar surface area (TPSA) is 26.3 Å². The van der Waals surface area contributed by atoms with E-state index in [2.05, 4.69) is 15.9 Å². The fourth-order valence-electron chi connectivity index (χ4n) is 2.61. The standard InChI is InChI=1S/C19H19BrO2S/c20-11-5-1-2-6-12-22-14-9-10-18-16(13-14)19(21)15-7-3-4-8-17(15)23-18/h3-4,7-10,13H,1-2,5-6,11-12H2. The van der Waals surface area contributed by atoms with E-state index >= 15 is 0 Å². The van der Waals surface area contributed by atoms with Crippen molar-refractivity contribution in [2.75, 3.05) is 11.9 Å². The predicted molar refractivity (Wildman–Crippen MR) is 103 cm³/mol. The van der Waals surface area contributed by atoms with Crippen LogP contribution in [0, 0.1) is 0 Å². The summed E-state index contributed by atoms with van der Waals surface area (Å²) in [6.45, 7) is 0.707. The second kappa shape index (κ2) is 7.93. The van der Waals surface area contributed by atoms with Crippen molar-refractivity contribution in [3.8, 4) is 5.75 Å². The van der Waals surface area contributed by atoms with E-state index in [-0.39, 0.29) is 5.43 Å². The Morgan fingerprint density at radius 3 is 2.57 bits per heavy atom. The number of alkyl halides is 1. The van der Waals surface area contributed by atoms with Gasteiger partial charge in [-0.05, 0) is 43.2 Å². The highest BCUT2D eigenvalue weighted by Gasteiger charge is 2.06. The summed E-state index contributed by atoms with van der Waals surface area (Å²) in [5.41, 5.74) is 0.0946. The molecule has 0 bridgehead atoms. The Kier molecular flexibility index (Phi) is 5.68. The Labute approximate surface area is 148 Å². The molecule has 0 atom stereocenters. The van der Waals surface area contributed by atoms with Gasteiger partial charge in [0.25, 0.3) is 0 Å². The largest absolute Gasteiger partial charge is 0.494 e. The smallest absolute Gasteiger partial charge is 0.196 e. The van der Waals surface area contributed by atoms with Crippen molar-refractivity contribution >= 4 is 47.4 Å². The fraction of sp³-hybridized carbons (Fsp3) is 0.316. The third kappa shape index (κ3) is 3.93. The minimum Gasteiger partial charge on any atom is -0.494 e. The molecule has 1 heterocycles. The molecule has 3 aromatic rings. The normalized spacial score (nSPS) is 11.2. The van der Waals surface area contributed by atoms with Gasteiger partial charge in [0.2, 0.25) is 0 Å². The second-order valence-electron chi connectivity index (χ2n) is 5.54. The maximum Gasteiger partial charge on any atom is 0.196 e. The predicted octanol–water partition coefficient (Wildman–Crippen LogP) is 5.75. The van der Waals surface area contributed by atoms with Crippen LogP contribution in [0.1, 0.15) is 25.7 Å². The summed E-state index contributed by atoms with van der Waals surface area (Å²) in [5.74, 6) is 0.789. The molecule has 1 aromatic heterocycles. The van der Waals surface area contributed by atoms with Crippen molar-refractivity contribution in [1.82, 2.24) is 0 Å².